The molecule has 2 aromatic rings. The van der Waals surface area contributed by atoms with Gasteiger partial charge in [-0.05, 0) is 61.6 Å². The van der Waals surface area contributed by atoms with E-state index in [9.17, 15) is 14.7 Å². The van der Waals surface area contributed by atoms with Gasteiger partial charge in [-0.1, -0.05) is 19.1 Å². The van der Waals surface area contributed by atoms with E-state index in [-0.39, 0.29) is 17.9 Å². The zero-order chi connectivity index (χ0) is 20.1. The van der Waals surface area contributed by atoms with Crippen LogP contribution in [-0.4, -0.2) is 36.7 Å². The molecule has 6 nitrogen and oxygen atoms in total. The van der Waals surface area contributed by atoms with E-state index < -0.39 is 11.9 Å². The van der Waals surface area contributed by atoms with Gasteiger partial charge in [-0.3, -0.25) is 4.79 Å². The van der Waals surface area contributed by atoms with Gasteiger partial charge < -0.3 is 20.1 Å². The molecule has 0 unspecified atom stereocenters. The van der Waals surface area contributed by atoms with Crippen molar-refractivity contribution in [1.29, 1.82) is 0 Å². The lowest BCUT2D eigenvalue weighted by atomic mass is 9.98. The Hall–Kier alpha value is -3.02. The molecule has 0 saturated carbocycles. The number of hydrogen-bond acceptors (Lipinski definition) is 4. The number of carbonyl (C=O) groups excluding carboxylic acids is 1. The van der Waals surface area contributed by atoms with Crippen LogP contribution in [0.2, 0.25) is 0 Å². The van der Waals surface area contributed by atoms with Crippen LogP contribution < -0.4 is 15.0 Å². The number of aromatic carboxylic acids is 1. The summed E-state index contributed by atoms with van der Waals surface area (Å²) in [5.41, 5.74) is 2.27. The molecule has 1 heterocycles. The van der Waals surface area contributed by atoms with E-state index in [0.717, 1.165) is 37.2 Å². The number of rotatable bonds is 6. The predicted octanol–water partition coefficient (Wildman–Crippen LogP) is 3.95. The summed E-state index contributed by atoms with van der Waals surface area (Å²) in [6.07, 6.45) is 2.19. The summed E-state index contributed by atoms with van der Waals surface area (Å²) in [7, 11) is 0. The van der Waals surface area contributed by atoms with Gasteiger partial charge >= 0.3 is 5.97 Å². The molecule has 0 aliphatic carbocycles. The van der Waals surface area contributed by atoms with Crippen LogP contribution >= 0.6 is 0 Å². The number of benzene rings is 2. The predicted molar refractivity (Wildman–Crippen MR) is 109 cm³/mol. The monoisotopic (exact) mass is 382 g/mol. The highest BCUT2D eigenvalue weighted by Gasteiger charge is 2.19. The minimum absolute atomic E-state index is 0.0834. The molecular formula is C22H26N2O4. The van der Waals surface area contributed by atoms with E-state index in [1.165, 1.54) is 0 Å². The number of carboxylic acid groups (broad SMARTS) is 1. The van der Waals surface area contributed by atoms with Gasteiger partial charge in [0.1, 0.15) is 5.75 Å². The number of ether oxygens (including phenoxy) is 1. The lowest BCUT2D eigenvalue weighted by Gasteiger charge is -2.32. The fourth-order valence-corrected chi connectivity index (χ4v) is 3.32. The van der Waals surface area contributed by atoms with Crippen molar-refractivity contribution in [3.8, 4) is 5.75 Å². The number of amides is 1. The quantitative estimate of drug-likeness (QED) is 0.791. The zero-order valence-corrected chi connectivity index (χ0v) is 16.3. The van der Waals surface area contributed by atoms with E-state index in [1.807, 2.05) is 31.2 Å². The number of anilines is 2. The molecule has 1 fully saturated rings. The second-order valence-electron chi connectivity index (χ2n) is 7.36. The molecule has 0 aromatic heterocycles. The number of nitrogens with one attached hydrogen (secondary N) is 1. The van der Waals surface area contributed by atoms with Crippen LogP contribution in [0.25, 0.3) is 0 Å². The molecule has 2 aromatic carbocycles. The highest BCUT2D eigenvalue weighted by Crippen LogP contribution is 2.27. The van der Waals surface area contributed by atoms with Crippen molar-refractivity contribution in [3.63, 3.8) is 0 Å². The molecule has 1 aliphatic rings. The molecule has 1 aliphatic heterocycles. The molecule has 6 heteroatoms. The van der Waals surface area contributed by atoms with Gasteiger partial charge in [0.05, 0.1) is 11.3 Å². The first kappa shape index (κ1) is 19.7. The van der Waals surface area contributed by atoms with Crippen molar-refractivity contribution >= 4 is 23.3 Å². The van der Waals surface area contributed by atoms with E-state index in [2.05, 4.69) is 17.1 Å². The Morgan fingerprint density at radius 1 is 1.18 bits per heavy atom. The maximum Gasteiger partial charge on any atom is 0.337 e. The smallest absolute Gasteiger partial charge is 0.337 e. The molecule has 0 spiro atoms. The number of aryl methyl sites for hydroxylation is 1. The maximum atomic E-state index is 12.2. The molecule has 0 radical (unpaired) electrons. The van der Waals surface area contributed by atoms with Crippen LogP contribution in [0.1, 0.15) is 35.7 Å². The number of nitrogens with zero attached hydrogens (tertiary/aromatic N) is 1. The van der Waals surface area contributed by atoms with Gasteiger partial charge in [-0.25, -0.2) is 4.79 Å². The second kappa shape index (κ2) is 8.78. The van der Waals surface area contributed by atoms with Gasteiger partial charge in [-0.2, -0.15) is 0 Å². The first-order chi connectivity index (χ1) is 13.4. The average Bonchev–Trinajstić information content (AvgIpc) is 2.67. The summed E-state index contributed by atoms with van der Waals surface area (Å²) in [5.74, 6) is -0.170. The Bertz CT molecular complexity index is 857. The molecule has 148 valence electrons. The summed E-state index contributed by atoms with van der Waals surface area (Å²) < 4.78 is 5.48. The third kappa shape index (κ3) is 5.03. The van der Waals surface area contributed by atoms with Crippen LogP contribution in [-0.2, 0) is 4.79 Å². The lowest BCUT2D eigenvalue weighted by molar-refractivity contribution is -0.118. The van der Waals surface area contributed by atoms with Crippen LogP contribution in [0.5, 0.6) is 5.75 Å². The van der Waals surface area contributed by atoms with Crippen LogP contribution in [0.15, 0.2) is 42.5 Å². The van der Waals surface area contributed by atoms with Crippen LogP contribution in [0.4, 0.5) is 11.4 Å². The molecule has 1 saturated heterocycles. The van der Waals surface area contributed by atoms with E-state index >= 15 is 0 Å². The number of piperidine rings is 1. The first-order valence-corrected chi connectivity index (χ1v) is 9.54. The second-order valence-corrected chi connectivity index (χ2v) is 7.36. The molecule has 2 N–H and O–H groups in total. The van der Waals surface area contributed by atoms with Crippen LogP contribution in [0, 0.1) is 12.8 Å². The molecule has 28 heavy (non-hydrogen) atoms. The molecule has 3 rings (SSSR count). The maximum absolute atomic E-state index is 12.2. The normalized spacial score (nSPS) is 14.6. The highest BCUT2D eigenvalue weighted by molar-refractivity contribution is 6.01. The number of carbonyl (C=O) groups is 2. The van der Waals surface area contributed by atoms with E-state index in [4.69, 9.17) is 4.74 Å². The Kier molecular flexibility index (Phi) is 6.19. The number of hydrogen-bond donors (Lipinski definition) is 2. The van der Waals surface area contributed by atoms with Crippen molar-refractivity contribution < 1.29 is 19.4 Å². The molecule has 0 bridgehead atoms. The van der Waals surface area contributed by atoms with Crippen molar-refractivity contribution in [2.75, 3.05) is 29.9 Å². The van der Waals surface area contributed by atoms with Crippen LogP contribution in [0.3, 0.4) is 0 Å². The summed E-state index contributed by atoms with van der Waals surface area (Å²) in [6, 6.07) is 12.6. The fraction of sp³-hybridized carbons (Fsp3) is 0.364. The summed E-state index contributed by atoms with van der Waals surface area (Å²) in [5, 5.41) is 12.2. The summed E-state index contributed by atoms with van der Waals surface area (Å²) >= 11 is 0. The minimum Gasteiger partial charge on any atom is -0.484 e. The Labute approximate surface area is 165 Å². The topological polar surface area (TPSA) is 78.9 Å². The van der Waals surface area contributed by atoms with E-state index in [1.54, 1.807) is 18.2 Å². The average molecular weight is 382 g/mol. The summed E-state index contributed by atoms with van der Waals surface area (Å²) in [4.78, 5) is 26.1. The van der Waals surface area contributed by atoms with Gasteiger partial charge in [0.25, 0.3) is 5.91 Å². The third-order valence-electron chi connectivity index (χ3n) is 5.02. The van der Waals surface area contributed by atoms with Crippen molar-refractivity contribution in [3.05, 3.63) is 53.6 Å². The Morgan fingerprint density at radius 2 is 1.93 bits per heavy atom. The first-order valence-electron chi connectivity index (χ1n) is 9.54. The molecule has 0 atom stereocenters. The van der Waals surface area contributed by atoms with Crippen molar-refractivity contribution in [2.45, 2.75) is 26.7 Å². The van der Waals surface area contributed by atoms with Gasteiger partial charge in [0, 0.05) is 18.8 Å². The van der Waals surface area contributed by atoms with Gasteiger partial charge in [-0.15, -0.1) is 0 Å². The van der Waals surface area contributed by atoms with E-state index in [0.29, 0.717) is 11.7 Å². The third-order valence-corrected chi connectivity index (χ3v) is 5.02. The minimum atomic E-state index is -1.07. The molecule has 1 amide bonds. The highest BCUT2D eigenvalue weighted by atomic mass is 16.5. The fourth-order valence-electron chi connectivity index (χ4n) is 3.32. The SMILES string of the molecule is Cc1cccc(OCC(=O)Nc2ccc(N3CCC(C)CC3)cc2C(=O)O)c1. The van der Waals surface area contributed by atoms with Crippen molar-refractivity contribution in [1.82, 2.24) is 0 Å². The Morgan fingerprint density at radius 3 is 2.61 bits per heavy atom. The zero-order valence-electron chi connectivity index (χ0n) is 16.3. The lowest BCUT2D eigenvalue weighted by Crippen LogP contribution is -2.33. The van der Waals surface area contributed by atoms with Gasteiger partial charge in [0.15, 0.2) is 6.61 Å². The standard InChI is InChI=1S/C22H26N2O4/c1-15-8-10-24(11-9-15)17-6-7-20(19(13-17)22(26)27)23-21(25)14-28-18-5-3-4-16(2)12-18/h3-7,12-13,15H,8-11,14H2,1-2H3,(H,23,25)(H,26,27). The van der Waals surface area contributed by atoms with Gasteiger partial charge in [0.2, 0.25) is 0 Å². The van der Waals surface area contributed by atoms with Crippen molar-refractivity contribution in [2.24, 2.45) is 5.92 Å². The Balaban J connectivity index is 1.67. The molecular weight excluding hydrogens is 356 g/mol. The number of carboxylic acids is 1. The summed E-state index contributed by atoms with van der Waals surface area (Å²) in [6.45, 7) is 5.81. The largest absolute Gasteiger partial charge is 0.484 e.